The van der Waals surface area contributed by atoms with E-state index in [4.69, 9.17) is 0 Å². The summed E-state index contributed by atoms with van der Waals surface area (Å²) >= 11 is 3.26. The highest BCUT2D eigenvalue weighted by Gasteiger charge is 2.37. The van der Waals surface area contributed by atoms with Crippen molar-refractivity contribution in [3.8, 4) is 0 Å². The first-order chi connectivity index (χ1) is 12.8. The molecule has 9 heteroatoms. The first-order valence-corrected chi connectivity index (χ1v) is 10.6. The van der Waals surface area contributed by atoms with E-state index in [2.05, 4.69) is 21.2 Å². The Bertz CT molecular complexity index is 952. The van der Waals surface area contributed by atoms with Crippen molar-refractivity contribution in [1.29, 1.82) is 0 Å². The molecule has 1 amide bonds. The van der Waals surface area contributed by atoms with Crippen molar-refractivity contribution >= 4 is 37.5 Å². The van der Waals surface area contributed by atoms with Crippen LogP contribution in [0.1, 0.15) is 19.3 Å². The number of carbonyl (C=O) groups is 1. The van der Waals surface area contributed by atoms with Gasteiger partial charge in [0.1, 0.15) is 17.7 Å². The van der Waals surface area contributed by atoms with Crippen molar-refractivity contribution in [2.75, 3.05) is 11.9 Å². The van der Waals surface area contributed by atoms with Gasteiger partial charge in [-0.05, 0) is 49.2 Å². The second-order valence-electron chi connectivity index (χ2n) is 6.19. The van der Waals surface area contributed by atoms with Gasteiger partial charge in [0.25, 0.3) is 0 Å². The molecular weight excluding hydrogens is 442 g/mol. The lowest BCUT2D eigenvalue weighted by atomic mass is 10.0. The number of carbonyl (C=O) groups excluding carboxylic acids is 1. The fraction of sp³-hybridized carbons (Fsp3) is 0.278. The minimum Gasteiger partial charge on any atom is -0.322 e. The van der Waals surface area contributed by atoms with Crippen LogP contribution in [0.2, 0.25) is 0 Å². The number of nitrogens with one attached hydrogen (secondary N) is 1. The third-order valence-electron chi connectivity index (χ3n) is 4.37. The molecule has 144 valence electrons. The summed E-state index contributed by atoms with van der Waals surface area (Å²) in [4.78, 5) is 12.7. The van der Waals surface area contributed by atoms with Crippen LogP contribution in [-0.4, -0.2) is 31.2 Å². The molecule has 5 nitrogen and oxygen atoms in total. The number of sulfonamides is 1. The predicted octanol–water partition coefficient (Wildman–Crippen LogP) is 3.91. The minimum atomic E-state index is -3.88. The molecule has 2 aromatic carbocycles. The molecule has 1 fully saturated rings. The molecule has 1 heterocycles. The zero-order chi connectivity index (χ0) is 19.6. The molecule has 0 radical (unpaired) electrons. The quantitative estimate of drug-likeness (QED) is 0.754. The Kier molecular flexibility index (Phi) is 5.92. The minimum absolute atomic E-state index is 0.0818. The van der Waals surface area contributed by atoms with Gasteiger partial charge >= 0.3 is 0 Å². The zero-order valence-corrected chi connectivity index (χ0v) is 16.6. The molecule has 3 rings (SSSR count). The van der Waals surface area contributed by atoms with Gasteiger partial charge in [-0.15, -0.1) is 0 Å². The van der Waals surface area contributed by atoms with Gasteiger partial charge in [0, 0.05) is 17.1 Å². The highest BCUT2D eigenvalue weighted by molar-refractivity contribution is 9.10. The van der Waals surface area contributed by atoms with Crippen molar-refractivity contribution in [2.24, 2.45) is 0 Å². The van der Waals surface area contributed by atoms with Crippen molar-refractivity contribution in [3.63, 3.8) is 0 Å². The van der Waals surface area contributed by atoms with Gasteiger partial charge in [-0.3, -0.25) is 4.79 Å². The van der Waals surface area contributed by atoms with Gasteiger partial charge in [0.2, 0.25) is 15.9 Å². The summed E-state index contributed by atoms with van der Waals surface area (Å²) in [7, 11) is -3.88. The molecule has 1 aliphatic heterocycles. The van der Waals surface area contributed by atoms with Crippen LogP contribution in [0.5, 0.6) is 0 Å². The van der Waals surface area contributed by atoms with E-state index in [9.17, 15) is 22.0 Å². The van der Waals surface area contributed by atoms with Gasteiger partial charge in [-0.1, -0.05) is 22.4 Å². The summed E-state index contributed by atoms with van der Waals surface area (Å²) in [6, 6.07) is 7.98. The van der Waals surface area contributed by atoms with Crippen LogP contribution in [0.3, 0.4) is 0 Å². The number of anilines is 1. The molecule has 1 unspecified atom stereocenters. The van der Waals surface area contributed by atoms with Crippen LogP contribution >= 0.6 is 15.9 Å². The lowest BCUT2D eigenvalue weighted by Crippen LogP contribution is -2.49. The molecule has 0 spiro atoms. The molecule has 0 aromatic heterocycles. The Hall–Kier alpha value is -1.84. The largest absolute Gasteiger partial charge is 0.322 e. The summed E-state index contributed by atoms with van der Waals surface area (Å²) in [6.07, 6.45) is 1.63. The Morgan fingerprint density at radius 1 is 1.11 bits per heavy atom. The molecule has 1 aliphatic rings. The fourth-order valence-corrected chi connectivity index (χ4v) is 4.92. The van der Waals surface area contributed by atoms with Crippen LogP contribution < -0.4 is 5.32 Å². The number of rotatable bonds is 4. The van der Waals surface area contributed by atoms with Crippen LogP contribution in [-0.2, 0) is 14.8 Å². The van der Waals surface area contributed by atoms with Gasteiger partial charge < -0.3 is 5.32 Å². The number of hydrogen-bond acceptors (Lipinski definition) is 3. The second-order valence-corrected chi connectivity index (χ2v) is 9.00. The van der Waals surface area contributed by atoms with Gasteiger partial charge in [0.15, 0.2) is 0 Å². The molecule has 1 atom stereocenters. The van der Waals surface area contributed by atoms with E-state index in [1.165, 1.54) is 12.1 Å². The molecule has 0 bridgehead atoms. The van der Waals surface area contributed by atoms with Crippen molar-refractivity contribution in [2.45, 2.75) is 30.2 Å². The maximum absolute atomic E-state index is 13.8. The third kappa shape index (κ3) is 4.36. The summed E-state index contributed by atoms with van der Waals surface area (Å²) in [5.41, 5.74) is -0.187. The van der Waals surface area contributed by atoms with Crippen LogP contribution in [0.4, 0.5) is 14.5 Å². The molecule has 2 aromatic rings. The monoisotopic (exact) mass is 458 g/mol. The number of hydrogen-bond donors (Lipinski definition) is 1. The number of piperidine rings is 1. The normalized spacial score (nSPS) is 18.3. The summed E-state index contributed by atoms with van der Waals surface area (Å²) in [5.74, 6) is -2.31. The van der Waals surface area contributed by atoms with E-state index < -0.39 is 33.6 Å². The zero-order valence-electron chi connectivity index (χ0n) is 14.2. The smallest absolute Gasteiger partial charge is 0.243 e. The van der Waals surface area contributed by atoms with Crippen LogP contribution in [0.15, 0.2) is 51.8 Å². The van der Waals surface area contributed by atoms with Crippen molar-refractivity contribution < 1.29 is 22.0 Å². The second kappa shape index (κ2) is 8.04. The number of benzene rings is 2. The van der Waals surface area contributed by atoms with Gasteiger partial charge in [-0.2, -0.15) is 4.31 Å². The predicted molar refractivity (Wildman–Crippen MR) is 101 cm³/mol. The molecule has 1 saturated heterocycles. The van der Waals surface area contributed by atoms with E-state index in [0.29, 0.717) is 25.3 Å². The number of amides is 1. The van der Waals surface area contributed by atoms with Crippen LogP contribution in [0.25, 0.3) is 0 Å². The van der Waals surface area contributed by atoms with Crippen LogP contribution in [0, 0.1) is 11.6 Å². The fourth-order valence-electron chi connectivity index (χ4n) is 3.00. The lowest BCUT2D eigenvalue weighted by Gasteiger charge is -2.33. The number of halogens is 3. The Balaban J connectivity index is 1.86. The summed E-state index contributed by atoms with van der Waals surface area (Å²) < 4.78 is 54.7. The molecule has 1 N–H and O–H groups in total. The van der Waals surface area contributed by atoms with Gasteiger partial charge in [-0.25, -0.2) is 17.2 Å². The SMILES string of the molecule is O=C(Nc1ccc(F)cc1F)C1CCCCN1S(=O)(=O)c1ccc(Br)cc1. The highest BCUT2D eigenvalue weighted by Crippen LogP contribution is 2.27. The maximum atomic E-state index is 13.8. The first-order valence-electron chi connectivity index (χ1n) is 8.32. The van der Waals surface area contributed by atoms with E-state index in [-0.39, 0.29) is 17.1 Å². The Morgan fingerprint density at radius 2 is 1.81 bits per heavy atom. The summed E-state index contributed by atoms with van der Waals surface area (Å²) in [5, 5.41) is 2.38. The maximum Gasteiger partial charge on any atom is 0.243 e. The molecule has 0 aliphatic carbocycles. The summed E-state index contributed by atoms with van der Waals surface area (Å²) in [6.45, 7) is 0.197. The van der Waals surface area contributed by atoms with E-state index >= 15 is 0 Å². The molecule has 0 saturated carbocycles. The van der Waals surface area contributed by atoms with E-state index in [0.717, 1.165) is 20.9 Å². The third-order valence-corrected chi connectivity index (χ3v) is 6.82. The van der Waals surface area contributed by atoms with E-state index in [1.54, 1.807) is 12.1 Å². The van der Waals surface area contributed by atoms with Crippen molar-refractivity contribution in [1.82, 2.24) is 4.31 Å². The first kappa shape index (κ1) is 19.9. The Labute approximate surface area is 164 Å². The van der Waals surface area contributed by atoms with Gasteiger partial charge in [0.05, 0.1) is 10.6 Å². The lowest BCUT2D eigenvalue weighted by molar-refractivity contribution is -0.120. The average Bonchev–Trinajstić information content (AvgIpc) is 2.64. The highest BCUT2D eigenvalue weighted by atomic mass is 79.9. The molecule has 27 heavy (non-hydrogen) atoms. The standard InChI is InChI=1S/C18H17BrF2N2O3S/c19-12-4-7-14(8-5-12)27(25,26)23-10-2-1-3-17(23)18(24)22-16-9-6-13(20)11-15(16)21/h4-9,11,17H,1-3,10H2,(H,22,24). The molecular formula is C18H17BrF2N2O3S. The van der Waals surface area contributed by atoms with E-state index in [1.807, 2.05) is 0 Å². The average molecular weight is 459 g/mol. The topological polar surface area (TPSA) is 66.5 Å². The number of nitrogens with zero attached hydrogens (tertiary/aromatic N) is 1. The Morgan fingerprint density at radius 3 is 2.48 bits per heavy atom. The van der Waals surface area contributed by atoms with Crippen molar-refractivity contribution in [3.05, 3.63) is 58.6 Å².